The molecule has 0 heterocycles. The van der Waals surface area contributed by atoms with Gasteiger partial charge < -0.3 is 5.73 Å². The zero-order chi connectivity index (χ0) is 14.0. The normalized spacial score (nSPS) is 12.5. The number of hydrogen-bond acceptors (Lipinski definition) is 1. The third kappa shape index (κ3) is 3.78. The Bertz CT molecular complexity index is 604. The van der Waals surface area contributed by atoms with Crippen molar-refractivity contribution in [2.45, 2.75) is 12.5 Å². The molecule has 0 saturated heterocycles. The molecule has 0 aliphatic rings. The molecule has 19 heavy (non-hydrogen) atoms. The molecule has 2 aromatic rings. The summed E-state index contributed by atoms with van der Waals surface area (Å²) in [7, 11) is 0. The van der Waals surface area contributed by atoms with Gasteiger partial charge in [-0.25, -0.2) is 4.39 Å². The third-order valence-electron chi connectivity index (χ3n) is 2.82. The van der Waals surface area contributed by atoms with Crippen LogP contribution in [0.3, 0.4) is 0 Å². The molecule has 0 fully saturated rings. The monoisotopic (exact) mass is 405 g/mol. The van der Waals surface area contributed by atoms with Crippen molar-refractivity contribution in [2.24, 2.45) is 5.73 Å². The van der Waals surface area contributed by atoms with Crippen molar-refractivity contribution in [1.29, 1.82) is 0 Å². The van der Waals surface area contributed by atoms with Crippen LogP contribution in [0.25, 0.3) is 0 Å². The molecule has 0 radical (unpaired) electrons. The van der Waals surface area contributed by atoms with Gasteiger partial charge in [0, 0.05) is 15.0 Å². The Kier molecular flexibility index (Phi) is 5.01. The third-order valence-corrected chi connectivity index (χ3v) is 4.53. The maximum absolute atomic E-state index is 13.7. The number of nitrogens with two attached hydrogens (primary N) is 1. The Labute approximate surface area is 133 Å². The second-order valence-corrected chi connectivity index (χ2v) is 6.40. The van der Waals surface area contributed by atoms with Crippen molar-refractivity contribution in [2.75, 3.05) is 0 Å². The highest BCUT2D eigenvalue weighted by atomic mass is 79.9. The smallest absolute Gasteiger partial charge is 0.126 e. The first-order valence-electron chi connectivity index (χ1n) is 5.62. The van der Waals surface area contributed by atoms with E-state index >= 15 is 0 Å². The van der Waals surface area contributed by atoms with Crippen LogP contribution in [0.5, 0.6) is 0 Å². The molecule has 100 valence electrons. The Hall–Kier alpha value is -0.420. The largest absolute Gasteiger partial charge is 0.324 e. The molecule has 0 saturated carbocycles. The van der Waals surface area contributed by atoms with E-state index in [4.69, 9.17) is 17.3 Å². The summed E-state index contributed by atoms with van der Waals surface area (Å²) in [4.78, 5) is 0. The Morgan fingerprint density at radius 3 is 2.58 bits per heavy atom. The molecule has 2 rings (SSSR count). The molecule has 2 aromatic carbocycles. The van der Waals surface area contributed by atoms with Gasteiger partial charge in [0.2, 0.25) is 0 Å². The summed E-state index contributed by atoms with van der Waals surface area (Å²) in [6.07, 6.45) is 0.430. The lowest BCUT2D eigenvalue weighted by molar-refractivity contribution is 0.593. The van der Waals surface area contributed by atoms with Gasteiger partial charge in [-0.3, -0.25) is 0 Å². The van der Waals surface area contributed by atoms with Crippen LogP contribution in [0.15, 0.2) is 45.3 Å². The Morgan fingerprint density at radius 1 is 1.16 bits per heavy atom. The fourth-order valence-corrected chi connectivity index (χ4v) is 2.72. The number of halogens is 4. The lowest BCUT2D eigenvalue weighted by Gasteiger charge is -2.14. The highest BCUT2D eigenvalue weighted by Gasteiger charge is 2.12. The van der Waals surface area contributed by atoms with Crippen molar-refractivity contribution in [3.63, 3.8) is 0 Å². The first kappa shape index (κ1) is 15.0. The molecule has 1 unspecified atom stereocenters. The standard InChI is InChI=1S/C14H11Br2ClFN/c15-10-2-4-13(18)9(5-10)7-14(19)8-1-3-12(17)11(16)6-8/h1-6,14H,7,19H2. The van der Waals surface area contributed by atoms with Crippen LogP contribution in [0.1, 0.15) is 17.2 Å². The van der Waals surface area contributed by atoms with E-state index < -0.39 is 0 Å². The summed E-state index contributed by atoms with van der Waals surface area (Å²) < 4.78 is 15.3. The average molecular weight is 408 g/mol. The molecule has 0 aliphatic carbocycles. The van der Waals surface area contributed by atoms with E-state index in [0.717, 1.165) is 14.5 Å². The molecular weight excluding hydrogens is 396 g/mol. The molecule has 5 heteroatoms. The van der Waals surface area contributed by atoms with E-state index in [2.05, 4.69) is 31.9 Å². The molecule has 0 bridgehead atoms. The van der Waals surface area contributed by atoms with Gasteiger partial charge in [-0.1, -0.05) is 33.6 Å². The van der Waals surface area contributed by atoms with Crippen LogP contribution in [-0.2, 0) is 6.42 Å². The number of benzene rings is 2. The van der Waals surface area contributed by atoms with Gasteiger partial charge in [-0.05, 0) is 63.8 Å². The van der Waals surface area contributed by atoms with Crippen LogP contribution in [-0.4, -0.2) is 0 Å². The minimum Gasteiger partial charge on any atom is -0.324 e. The first-order chi connectivity index (χ1) is 8.97. The number of hydrogen-bond donors (Lipinski definition) is 1. The predicted molar refractivity (Wildman–Crippen MR) is 83.9 cm³/mol. The molecule has 1 nitrogen and oxygen atoms in total. The predicted octanol–water partition coefficient (Wildman–Crippen LogP) is 5.25. The fourth-order valence-electron chi connectivity index (χ4n) is 1.80. The van der Waals surface area contributed by atoms with Crippen molar-refractivity contribution < 1.29 is 4.39 Å². The number of rotatable bonds is 3. The zero-order valence-electron chi connectivity index (χ0n) is 9.84. The van der Waals surface area contributed by atoms with Gasteiger partial charge >= 0.3 is 0 Å². The maximum Gasteiger partial charge on any atom is 0.126 e. The lowest BCUT2D eigenvalue weighted by Crippen LogP contribution is -2.14. The maximum atomic E-state index is 13.7. The van der Waals surface area contributed by atoms with Gasteiger partial charge in [-0.15, -0.1) is 0 Å². The van der Waals surface area contributed by atoms with Crippen LogP contribution in [0.2, 0.25) is 5.02 Å². The minimum atomic E-state index is -0.280. The van der Waals surface area contributed by atoms with Gasteiger partial charge in [-0.2, -0.15) is 0 Å². The lowest BCUT2D eigenvalue weighted by atomic mass is 9.99. The molecular formula is C14H11Br2ClFN. The van der Waals surface area contributed by atoms with E-state index in [1.54, 1.807) is 18.2 Å². The van der Waals surface area contributed by atoms with Crippen LogP contribution in [0, 0.1) is 5.82 Å². The average Bonchev–Trinajstić information content (AvgIpc) is 2.37. The van der Waals surface area contributed by atoms with E-state index in [-0.39, 0.29) is 11.9 Å². The SMILES string of the molecule is NC(Cc1cc(Br)ccc1F)c1ccc(Cl)c(Br)c1. The summed E-state index contributed by atoms with van der Waals surface area (Å²) in [6.45, 7) is 0. The van der Waals surface area contributed by atoms with E-state index in [9.17, 15) is 4.39 Å². The summed E-state index contributed by atoms with van der Waals surface area (Å²) in [6, 6.07) is 10.1. The van der Waals surface area contributed by atoms with E-state index in [0.29, 0.717) is 17.0 Å². The first-order valence-corrected chi connectivity index (χ1v) is 7.58. The van der Waals surface area contributed by atoms with E-state index in [1.807, 2.05) is 12.1 Å². The summed E-state index contributed by atoms with van der Waals surface area (Å²) >= 11 is 12.6. The fraction of sp³-hybridized carbons (Fsp3) is 0.143. The summed E-state index contributed by atoms with van der Waals surface area (Å²) in [5, 5.41) is 0.629. The summed E-state index contributed by atoms with van der Waals surface area (Å²) in [5.41, 5.74) is 7.62. The van der Waals surface area contributed by atoms with Crippen LogP contribution < -0.4 is 5.73 Å². The quantitative estimate of drug-likeness (QED) is 0.739. The molecule has 0 amide bonds. The van der Waals surface area contributed by atoms with Crippen molar-refractivity contribution in [3.05, 3.63) is 67.3 Å². The zero-order valence-corrected chi connectivity index (χ0v) is 13.8. The van der Waals surface area contributed by atoms with Gasteiger partial charge in [0.05, 0.1) is 5.02 Å². The topological polar surface area (TPSA) is 26.0 Å². The second kappa shape index (κ2) is 6.35. The van der Waals surface area contributed by atoms with Crippen molar-refractivity contribution in [3.8, 4) is 0 Å². The molecule has 0 aromatic heterocycles. The van der Waals surface area contributed by atoms with E-state index in [1.165, 1.54) is 6.07 Å². The highest BCUT2D eigenvalue weighted by Crippen LogP contribution is 2.27. The Morgan fingerprint density at radius 2 is 1.89 bits per heavy atom. The Balaban J connectivity index is 2.22. The minimum absolute atomic E-state index is 0.244. The van der Waals surface area contributed by atoms with Crippen molar-refractivity contribution in [1.82, 2.24) is 0 Å². The molecule has 0 spiro atoms. The molecule has 2 N–H and O–H groups in total. The second-order valence-electron chi connectivity index (χ2n) is 4.22. The summed E-state index contributed by atoms with van der Waals surface area (Å²) in [5.74, 6) is -0.244. The van der Waals surface area contributed by atoms with Gasteiger partial charge in [0.1, 0.15) is 5.82 Å². The van der Waals surface area contributed by atoms with Crippen LogP contribution in [0.4, 0.5) is 4.39 Å². The van der Waals surface area contributed by atoms with Crippen molar-refractivity contribution >= 4 is 43.5 Å². The van der Waals surface area contributed by atoms with Gasteiger partial charge in [0.25, 0.3) is 0 Å². The highest BCUT2D eigenvalue weighted by molar-refractivity contribution is 9.10. The van der Waals surface area contributed by atoms with Crippen LogP contribution >= 0.6 is 43.5 Å². The molecule has 0 aliphatic heterocycles. The van der Waals surface area contributed by atoms with Gasteiger partial charge in [0.15, 0.2) is 0 Å². The molecule has 1 atom stereocenters.